The molecule has 1 rings (SSSR count). The highest BCUT2D eigenvalue weighted by molar-refractivity contribution is 5.96. The third-order valence-electron chi connectivity index (χ3n) is 3.83. The minimum Gasteiger partial charge on any atom is -0.300 e. The number of hydrogen-bond donors (Lipinski definition) is 0. The molecule has 0 radical (unpaired) electrons. The normalized spacial score (nSPS) is 11.6. The van der Waals surface area contributed by atoms with Crippen molar-refractivity contribution in [2.75, 3.05) is 13.1 Å². The Bertz CT molecular complexity index is 441. The lowest BCUT2D eigenvalue weighted by molar-refractivity contribution is 0.0937. The van der Waals surface area contributed by atoms with Crippen LogP contribution in [0.1, 0.15) is 57.3 Å². The molecule has 0 N–H and O–H groups in total. The predicted octanol–water partition coefficient (Wildman–Crippen LogP) is 4.55. The molecule has 0 atom stereocenters. The van der Waals surface area contributed by atoms with E-state index in [4.69, 9.17) is 0 Å². The van der Waals surface area contributed by atoms with E-state index in [0.29, 0.717) is 23.9 Å². The lowest BCUT2D eigenvalue weighted by atomic mass is 10.0. The van der Waals surface area contributed by atoms with Crippen LogP contribution in [0, 0.1) is 11.7 Å². The minimum absolute atomic E-state index is 0.0224. The Morgan fingerprint density at radius 1 is 1.24 bits per heavy atom. The summed E-state index contributed by atoms with van der Waals surface area (Å²) in [6.07, 6.45) is 2.64. The first-order valence-electron chi connectivity index (χ1n) is 8.00. The van der Waals surface area contributed by atoms with Crippen LogP contribution in [-0.2, 0) is 0 Å². The number of Topliss-reactive ketones (excluding diaryl/α,β-unsaturated/α-hetero) is 1. The van der Waals surface area contributed by atoms with Crippen molar-refractivity contribution in [3.63, 3.8) is 0 Å². The lowest BCUT2D eigenvalue weighted by Gasteiger charge is -2.31. The summed E-state index contributed by atoms with van der Waals surface area (Å²) in [7, 11) is 0. The van der Waals surface area contributed by atoms with E-state index >= 15 is 0 Å². The summed E-state index contributed by atoms with van der Waals surface area (Å²) in [6.45, 7) is 10.5. The maximum atomic E-state index is 13.2. The zero-order valence-corrected chi connectivity index (χ0v) is 13.7. The highest BCUT2D eigenvalue weighted by atomic mass is 19.1. The van der Waals surface area contributed by atoms with Gasteiger partial charge in [-0.25, -0.2) is 4.39 Å². The number of hydrogen-bond acceptors (Lipinski definition) is 2. The third-order valence-corrected chi connectivity index (χ3v) is 3.83. The standard InChI is InChI=1S/C18H28FNO/c1-5-17(6-2)20(13-14(3)4)11-10-18(21)15-8-7-9-16(19)12-15/h7-9,12,14,17H,5-6,10-11,13H2,1-4H3. The SMILES string of the molecule is CCC(CC)N(CCC(=O)c1cccc(F)c1)CC(C)C. The zero-order chi connectivity index (χ0) is 15.8. The molecule has 0 spiro atoms. The van der Waals surface area contributed by atoms with Gasteiger partial charge in [0.1, 0.15) is 5.82 Å². The van der Waals surface area contributed by atoms with Gasteiger partial charge in [0.2, 0.25) is 0 Å². The van der Waals surface area contributed by atoms with Crippen molar-refractivity contribution in [2.24, 2.45) is 5.92 Å². The van der Waals surface area contributed by atoms with E-state index in [9.17, 15) is 9.18 Å². The summed E-state index contributed by atoms with van der Waals surface area (Å²) in [4.78, 5) is 14.6. The van der Waals surface area contributed by atoms with Gasteiger partial charge in [-0.15, -0.1) is 0 Å². The molecule has 0 heterocycles. The van der Waals surface area contributed by atoms with Gasteiger partial charge in [-0.1, -0.05) is 39.8 Å². The van der Waals surface area contributed by atoms with Crippen molar-refractivity contribution in [1.82, 2.24) is 4.90 Å². The molecule has 0 aliphatic rings. The summed E-state index contributed by atoms with van der Waals surface area (Å²) in [5, 5.41) is 0. The maximum Gasteiger partial charge on any atom is 0.164 e. The summed E-state index contributed by atoms with van der Waals surface area (Å²) >= 11 is 0. The summed E-state index contributed by atoms with van der Waals surface area (Å²) in [6, 6.07) is 6.50. The van der Waals surface area contributed by atoms with Gasteiger partial charge < -0.3 is 0 Å². The fourth-order valence-electron chi connectivity index (χ4n) is 2.75. The first-order valence-corrected chi connectivity index (χ1v) is 8.00. The van der Waals surface area contributed by atoms with E-state index in [1.54, 1.807) is 12.1 Å². The number of rotatable bonds is 9. The maximum absolute atomic E-state index is 13.2. The van der Waals surface area contributed by atoms with Crippen LogP contribution in [0.25, 0.3) is 0 Å². The molecule has 0 unspecified atom stereocenters. The topological polar surface area (TPSA) is 20.3 Å². The number of carbonyl (C=O) groups excluding carboxylic acids is 1. The fourth-order valence-corrected chi connectivity index (χ4v) is 2.75. The van der Waals surface area contributed by atoms with Crippen LogP contribution in [0.2, 0.25) is 0 Å². The average Bonchev–Trinajstić information content (AvgIpc) is 2.45. The predicted molar refractivity (Wildman–Crippen MR) is 86.1 cm³/mol. The summed E-state index contributed by atoms with van der Waals surface area (Å²) in [5.74, 6) is 0.254. The molecule has 0 aliphatic heterocycles. The number of ketones is 1. The Balaban J connectivity index is 2.65. The van der Waals surface area contributed by atoms with Gasteiger partial charge in [-0.3, -0.25) is 9.69 Å². The molecule has 118 valence electrons. The number of benzene rings is 1. The molecule has 1 aromatic rings. The molecule has 0 aromatic heterocycles. The summed E-state index contributed by atoms with van der Waals surface area (Å²) < 4.78 is 13.2. The van der Waals surface area contributed by atoms with Gasteiger partial charge >= 0.3 is 0 Å². The van der Waals surface area contributed by atoms with Gasteiger partial charge in [-0.2, -0.15) is 0 Å². The monoisotopic (exact) mass is 293 g/mol. The second-order valence-electron chi connectivity index (χ2n) is 6.04. The molecular formula is C18H28FNO. The van der Waals surface area contributed by atoms with Gasteiger partial charge in [0, 0.05) is 31.1 Å². The molecule has 1 aromatic carbocycles. The van der Waals surface area contributed by atoms with E-state index in [2.05, 4.69) is 32.6 Å². The van der Waals surface area contributed by atoms with Crippen LogP contribution in [0.5, 0.6) is 0 Å². The number of carbonyl (C=O) groups is 1. The molecule has 0 fully saturated rings. The first-order chi connectivity index (χ1) is 9.97. The fraction of sp³-hybridized carbons (Fsp3) is 0.611. The van der Waals surface area contributed by atoms with E-state index in [-0.39, 0.29) is 11.6 Å². The average molecular weight is 293 g/mol. The highest BCUT2D eigenvalue weighted by Gasteiger charge is 2.18. The Labute approximate surface area is 128 Å². The Morgan fingerprint density at radius 2 is 1.90 bits per heavy atom. The van der Waals surface area contributed by atoms with Crippen LogP contribution in [-0.4, -0.2) is 29.8 Å². The van der Waals surface area contributed by atoms with E-state index < -0.39 is 0 Å². The van der Waals surface area contributed by atoms with Gasteiger partial charge in [0.15, 0.2) is 5.78 Å². The molecular weight excluding hydrogens is 265 g/mol. The molecule has 0 saturated heterocycles. The first kappa shape index (κ1) is 17.8. The number of nitrogens with zero attached hydrogens (tertiary/aromatic N) is 1. The van der Waals surface area contributed by atoms with Gasteiger partial charge in [0.25, 0.3) is 0 Å². The minimum atomic E-state index is -0.347. The van der Waals surface area contributed by atoms with Crippen LogP contribution in [0.4, 0.5) is 4.39 Å². The zero-order valence-electron chi connectivity index (χ0n) is 13.7. The van der Waals surface area contributed by atoms with Crippen molar-refractivity contribution in [1.29, 1.82) is 0 Å². The molecule has 3 heteroatoms. The van der Waals surface area contributed by atoms with Gasteiger partial charge in [0.05, 0.1) is 0 Å². The molecule has 0 aliphatic carbocycles. The Hall–Kier alpha value is -1.22. The molecule has 0 saturated carbocycles. The highest BCUT2D eigenvalue weighted by Crippen LogP contribution is 2.14. The Kier molecular flexibility index (Phi) is 7.58. The van der Waals surface area contributed by atoms with E-state index in [1.807, 2.05) is 0 Å². The molecule has 0 amide bonds. The van der Waals surface area contributed by atoms with Crippen molar-refractivity contribution < 1.29 is 9.18 Å². The van der Waals surface area contributed by atoms with Crippen LogP contribution >= 0.6 is 0 Å². The second-order valence-corrected chi connectivity index (χ2v) is 6.04. The van der Waals surface area contributed by atoms with Crippen molar-refractivity contribution in [2.45, 2.75) is 53.0 Å². The van der Waals surface area contributed by atoms with Crippen LogP contribution in [0.15, 0.2) is 24.3 Å². The van der Waals surface area contributed by atoms with Crippen LogP contribution in [0.3, 0.4) is 0 Å². The Morgan fingerprint density at radius 3 is 2.43 bits per heavy atom. The van der Waals surface area contributed by atoms with Crippen molar-refractivity contribution >= 4 is 5.78 Å². The molecule has 21 heavy (non-hydrogen) atoms. The second kappa shape index (κ2) is 8.93. The van der Waals surface area contributed by atoms with Crippen molar-refractivity contribution in [3.05, 3.63) is 35.6 Å². The van der Waals surface area contributed by atoms with Crippen molar-refractivity contribution in [3.8, 4) is 0 Å². The quantitative estimate of drug-likeness (QED) is 0.623. The molecule has 0 bridgehead atoms. The van der Waals surface area contributed by atoms with Gasteiger partial charge in [-0.05, 0) is 30.9 Å². The number of halogens is 1. The van der Waals surface area contributed by atoms with E-state index in [0.717, 1.165) is 25.9 Å². The third kappa shape index (κ3) is 5.96. The lowest BCUT2D eigenvalue weighted by Crippen LogP contribution is -2.38. The van der Waals surface area contributed by atoms with E-state index in [1.165, 1.54) is 12.1 Å². The largest absolute Gasteiger partial charge is 0.300 e. The smallest absolute Gasteiger partial charge is 0.164 e. The van der Waals surface area contributed by atoms with Crippen LogP contribution < -0.4 is 0 Å². The summed E-state index contributed by atoms with van der Waals surface area (Å²) in [5.41, 5.74) is 0.476. The molecule has 2 nitrogen and oxygen atoms in total.